The molecule has 34 heavy (non-hydrogen) atoms. The lowest BCUT2D eigenvalue weighted by Crippen LogP contribution is -2.33. The van der Waals surface area contributed by atoms with E-state index < -0.39 is 12.0 Å². The molecule has 0 bridgehead atoms. The number of hydrogen-bond donors (Lipinski definition) is 1. The summed E-state index contributed by atoms with van der Waals surface area (Å²) in [7, 11) is 0. The predicted molar refractivity (Wildman–Crippen MR) is 135 cm³/mol. The van der Waals surface area contributed by atoms with Crippen LogP contribution in [0.25, 0.3) is 10.2 Å². The predicted octanol–water partition coefficient (Wildman–Crippen LogP) is 5.81. The summed E-state index contributed by atoms with van der Waals surface area (Å²) in [5.41, 5.74) is 1.66. The van der Waals surface area contributed by atoms with Gasteiger partial charge in [-0.25, -0.2) is 9.78 Å². The van der Waals surface area contributed by atoms with Gasteiger partial charge < -0.3 is 10.1 Å². The van der Waals surface area contributed by atoms with Crippen LogP contribution in [0.5, 0.6) is 0 Å². The molecule has 1 amide bonds. The van der Waals surface area contributed by atoms with Gasteiger partial charge in [0.25, 0.3) is 5.56 Å². The van der Waals surface area contributed by atoms with E-state index >= 15 is 0 Å². The van der Waals surface area contributed by atoms with Crippen LogP contribution in [0.2, 0.25) is 5.02 Å². The zero-order chi connectivity index (χ0) is 24.4. The summed E-state index contributed by atoms with van der Waals surface area (Å²) < 4.78 is 7.05. The minimum absolute atomic E-state index is 0.0707. The molecule has 0 saturated heterocycles. The third-order valence-corrected chi connectivity index (χ3v) is 7.78. The molecule has 0 spiro atoms. The number of thiophene rings is 1. The Morgan fingerprint density at radius 1 is 1.26 bits per heavy atom. The van der Waals surface area contributed by atoms with Crippen LogP contribution in [0, 0.1) is 13.8 Å². The van der Waals surface area contributed by atoms with E-state index in [1.807, 2.05) is 19.9 Å². The first-order valence-corrected chi connectivity index (χ1v) is 12.8. The number of nitrogens with zero attached hydrogens (tertiary/aromatic N) is 2. The van der Waals surface area contributed by atoms with Crippen LogP contribution < -0.4 is 10.9 Å². The van der Waals surface area contributed by atoms with Crippen LogP contribution in [0.3, 0.4) is 0 Å². The maximum atomic E-state index is 13.4. The van der Waals surface area contributed by atoms with Crippen molar-refractivity contribution in [3.05, 3.63) is 55.9 Å². The number of carbonyl (C=O) groups excluding carboxylic acids is 2. The van der Waals surface area contributed by atoms with Gasteiger partial charge in [0.15, 0.2) is 0 Å². The number of aryl methyl sites for hydroxylation is 2. The maximum absolute atomic E-state index is 13.4. The zero-order valence-corrected chi connectivity index (χ0v) is 21.1. The van der Waals surface area contributed by atoms with Crippen LogP contribution >= 0.6 is 22.9 Å². The molecule has 1 atom stereocenters. The van der Waals surface area contributed by atoms with Crippen molar-refractivity contribution >= 4 is 50.7 Å². The summed E-state index contributed by atoms with van der Waals surface area (Å²) in [5.74, 6) is -0.736. The van der Waals surface area contributed by atoms with Crippen molar-refractivity contribution in [2.75, 3.05) is 5.32 Å². The van der Waals surface area contributed by atoms with E-state index in [1.165, 1.54) is 17.3 Å². The Bertz CT molecular complexity index is 1290. The largest absolute Gasteiger partial charge is 0.458 e. The molecule has 0 radical (unpaired) electrons. The minimum Gasteiger partial charge on any atom is -0.458 e. The number of anilines is 1. The third kappa shape index (κ3) is 4.88. The van der Waals surface area contributed by atoms with Crippen LogP contribution in [-0.4, -0.2) is 27.5 Å². The molecular weight excluding hydrogens is 474 g/mol. The number of carbonyl (C=O) groups is 2. The molecule has 1 unspecified atom stereocenters. The molecule has 2 aromatic heterocycles. The molecule has 1 fully saturated rings. The second kappa shape index (κ2) is 10.3. The van der Waals surface area contributed by atoms with E-state index in [0.717, 1.165) is 42.6 Å². The molecule has 2 heterocycles. The quantitative estimate of drug-likeness (QED) is 0.430. The molecule has 1 aliphatic carbocycles. The van der Waals surface area contributed by atoms with Gasteiger partial charge in [-0.1, -0.05) is 31.0 Å². The molecule has 180 valence electrons. The topological polar surface area (TPSA) is 90.3 Å². The van der Waals surface area contributed by atoms with Crippen molar-refractivity contribution in [1.82, 2.24) is 9.55 Å². The number of aromatic nitrogens is 2. The van der Waals surface area contributed by atoms with Gasteiger partial charge in [-0.05, 0) is 69.2 Å². The number of esters is 1. The lowest BCUT2D eigenvalue weighted by molar-refractivity contribution is -0.119. The van der Waals surface area contributed by atoms with Gasteiger partial charge >= 0.3 is 5.97 Å². The Morgan fingerprint density at radius 2 is 2.00 bits per heavy atom. The van der Waals surface area contributed by atoms with Crippen molar-refractivity contribution in [2.24, 2.45) is 0 Å². The second-order valence-corrected chi connectivity index (χ2v) is 10.2. The Labute approximate surface area is 207 Å². The van der Waals surface area contributed by atoms with Crippen LogP contribution in [0.15, 0.2) is 29.3 Å². The van der Waals surface area contributed by atoms with E-state index in [1.54, 1.807) is 19.1 Å². The van der Waals surface area contributed by atoms with Gasteiger partial charge in [0.05, 0.1) is 11.7 Å². The second-order valence-electron chi connectivity index (χ2n) is 8.73. The molecule has 4 rings (SSSR count). The first-order valence-electron chi connectivity index (χ1n) is 11.6. The highest BCUT2D eigenvalue weighted by atomic mass is 35.5. The summed E-state index contributed by atoms with van der Waals surface area (Å²) in [6.45, 7) is 5.44. The summed E-state index contributed by atoms with van der Waals surface area (Å²) in [5, 5.41) is 3.74. The Balaban J connectivity index is 1.63. The maximum Gasteiger partial charge on any atom is 0.348 e. The molecule has 1 saturated carbocycles. The normalized spacial score (nSPS) is 15.3. The van der Waals surface area contributed by atoms with E-state index in [2.05, 4.69) is 10.3 Å². The molecule has 0 aliphatic heterocycles. The van der Waals surface area contributed by atoms with E-state index in [0.29, 0.717) is 37.8 Å². The summed E-state index contributed by atoms with van der Waals surface area (Å²) in [4.78, 5) is 44.7. The van der Waals surface area contributed by atoms with E-state index in [9.17, 15) is 14.4 Å². The van der Waals surface area contributed by atoms with E-state index in [-0.39, 0.29) is 17.6 Å². The summed E-state index contributed by atoms with van der Waals surface area (Å²) in [6.07, 6.45) is 6.74. The fourth-order valence-electron chi connectivity index (χ4n) is 4.40. The monoisotopic (exact) mass is 501 g/mol. The third-order valence-electron chi connectivity index (χ3n) is 6.37. The Kier molecular flexibility index (Phi) is 7.38. The molecule has 1 aliphatic rings. The van der Waals surface area contributed by atoms with Gasteiger partial charge in [0.2, 0.25) is 5.91 Å². The number of hydrogen-bond acceptors (Lipinski definition) is 6. The molecule has 3 aromatic rings. The summed E-state index contributed by atoms with van der Waals surface area (Å²) >= 11 is 7.24. The van der Waals surface area contributed by atoms with Crippen molar-refractivity contribution in [2.45, 2.75) is 71.4 Å². The van der Waals surface area contributed by atoms with Crippen molar-refractivity contribution in [3.63, 3.8) is 0 Å². The molecule has 1 N–H and O–H groups in total. The molecule has 7 nitrogen and oxygen atoms in total. The first-order chi connectivity index (χ1) is 16.3. The highest BCUT2D eigenvalue weighted by Crippen LogP contribution is 2.30. The van der Waals surface area contributed by atoms with Crippen LogP contribution in [0.1, 0.15) is 72.3 Å². The van der Waals surface area contributed by atoms with Crippen molar-refractivity contribution in [3.8, 4) is 0 Å². The number of nitrogens with one attached hydrogen (secondary N) is 1. The fourth-order valence-corrected chi connectivity index (χ4v) is 5.59. The van der Waals surface area contributed by atoms with Crippen LogP contribution in [0.4, 0.5) is 5.69 Å². The SMILES string of the molecule is CCC(C(=O)Nc1cc(Cl)ccc1C)n1cnc2sc(C(=O)OC3CCCCC3)c(C)c2c1=O. The Hall–Kier alpha value is -2.71. The number of ether oxygens (including phenoxy) is 1. The lowest BCUT2D eigenvalue weighted by Gasteiger charge is -2.21. The smallest absolute Gasteiger partial charge is 0.348 e. The summed E-state index contributed by atoms with van der Waals surface area (Å²) in [6, 6.07) is 4.49. The highest BCUT2D eigenvalue weighted by molar-refractivity contribution is 7.20. The number of benzene rings is 1. The van der Waals surface area contributed by atoms with Crippen LogP contribution in [-0.2, 0) is 9.53 Å². The number of fused-ring (bicyclic) bond motifs is 1. The highest BCUT2D eigenvalue weighted by Gasteiger charge is 2.27. The molecule has 9 heteroatoms. The standard InChI is InChI=1S/C25H28ClN3O4S/c1-4-19(22(30)28-18-12-16(26)11-10-14(18)2)29-13-27-23-20(24(29)31)15(3)21(34-23)25(32)33-17-8-6-5-7-9-17/h10-13,17,19H,4-9H2,1-3H3,(H,28,30). The zero-order valence-electron chi connectivity index (χ0n) is 19.5. The van der Waals surface area contributed by atoms with Gasteiger partial charge in [-0.3, -0.25) is 14.2 Å². The average molecular weight is 502 g/mol. The van der Waals surface area contributed by atoms with Gasteiger partial charge in [-0.15, -0.1) is 11.3 Å². The fraction of sp³-hybridized carbons (Fsp3) is 0.440. The Morgan fingerprint density at radius 3 is 2.71 bits per heavy atom. The number of amides is 1. The molecular formula is C25H28ClN3O4S. The lowest BCUT2D eigenvalue weighted by atomic mass is 9.98. The molecule has 1 aromatic carbocycles. The number of rotatable bonds is 6. The van der Waals surface area contributed by atoms with E-state index in [4.69, 9.17) is 16.3 Å². The number of halogens is 1. The van der Waals surface area contributed by atoms with Crippen molar-refractivity contribution < 1.29 is 14.3 Å². The first kappa shape index (κ1) is 24.4. The van der Waals surface area contributed by atoms with Crippen molar-refractivity contribution in [1.29, 1.82) is 0 Å². The van der Waals surface area contributed by atoms with Gasteiger partial charge in [0, 0.05) is 10.7 Å². The minimum atomic E-state index is -0.764. The average Bonchev–Trinajstić information content (AvgIpc) is 3.16. The van der Waals surface area contributed by atoms with Gasteiger partial charge in [-0.2, -0.15) is 0 Å². The van der Waals surface area contributed by atoms with Gasteiger partial charge in [0.1, 0.15) is 21.9 Å².